The second-order valence-electron chi connectivity index (χ2n) is 7.18. The molecule has 1 fully saturated rings. The zero-order valence-electron chi connectivity index (χ0n) is 14.6. The molecule has 5 heteroatoms. The van der Waals surface area contributed by atoms with Crippen molar-refractivity contribution in [3.05, 3.63) is 69.2 Å². The third-order valence-electron chi connectivity index (χ3n) is 5.51. The Morgan fingerprint density at radius 3 is 2.62 bits per heavy atom. The lowest BCUT2D eigenvalue weighted by atomic mass is 9.96. The molecule has 3 nitrogen and oxygen atoms in total. The van der Waals surface area contributed by atoms with E-state index in [0.717, 1.165) is 38.2 Å². The van der Waals surface area contributed by atoms with E-state index in [1.165, 1.54) is 11.1 Å². The highest BCUT2D eigenvalue weighted by molar-refractivity contribution is 6.35. The number of hydrogen-bond donors (Lipinski definition) is 0. The van der Waals surface area contributed by atoms with Gasteiger partial charge in [-0.3, -0.25) is 9.69 Å². The monoisotopic (exact) mass is 388 g/mol. The first-order valence-corrected chi connectivity index (χ1v) is 9.88. The molecule has 0 N–H and O–H groups in total. The number of carbonyl (C=O) groups is 1. The van der Waals surface area contributed by atoms with Gasteiger partial charge in [-0.25, -0.2) is 0 Å². The molecule has 0 aliphatic carbocycles. The molecule has 0 radical (unpaired) electrons. The number of fused-ring (bicyclic) bond motifs is 1. The average Bonchev–Trinajstić information content (AvgIpc) is 2.59. The Bertz CT molecular complexity index is 817. The van der Waals surface area contributed by atoms with Crippen molar-refractivity contribution in [2.75, 3.05) is 19.6 Å². The summed E-state index contributed by atoms with van der Waals surface area (Å²) >= 11 is 12.1. The largest absolute Gasteiger partial charge is 0.339 e. The Labute approximate surface area is 164 Å². The predicted octanol–water partition coefficient (Wildman–Crippen LogP) is 4.20. The van der Waals surface area contributed by atoms with Crippen LogP contribution in [0.1, 0.15) is 23.1 Å². The number of nitrogens with zero attached hydrogens (tertiary/aromatic N) is 2. The van der Waals surface area contributed by atoms with Crippen molar-refractivity contribution in [1.29, 1.82) is 0 Å². The van der Waals surface area contributed by atoms with Gasteiger partial charge in [0.15, 0.2) is 0 Å². The molecule has 1 saturated heterocycles. The van der Waals surface area contributed by atoms with Gasteiger partial charge in [0, 0.05) is 48.7 Å². The van der Waals surface area contributed by atoms with Gasteiger partial charge in [-0.15, -0.1) is 0 Å². The second-order valence-corrected chi connectivity index (χ2v) is 8.02. The molecule has 2 aliphatic heterocycles. The Hall–Kier alpha value is -1.55. The van der Waals surface area contributed by atoms with Crippen molar-refractivity contribution in [2.24, 2.45) is 0 Å². The van der Waals surface area contributed by atoms with E-state index in [-0.39, 0.29) is 5.91 Å². The normalized spacial score (nSPS) is 17.7. The quantitative estimate of drug-likeness (QED) is 0.783. The van der Waals surface area contributed by atoms with Crippen LogP contribution < -0.4 is 0 Å². The molecule has 136 valence electrons. The highest BCUT2D eigenvalue weighted by Crippen LogP contribution is 2.26. The van der Waals surface area contributed by atoms with Gasteiger partial charge in [0.1, 0.15) is 0 Å². The number of benzene rings is 2. The van der Waals surface area contributed by atoms with E-state index in [4.69, 9.17) is 23.2 Å². The lowest BCUT2D eigenvalue weighted by Crippen LogP contribution is -2.61. The smallest absolute Gasteiger partial charge is 0.223 e. The third-order valence-corrected chi connectivity index (χ3v) is 6.10. The van der Waals surface area contributed by atoms with Crippen LogP contribution >= 0.6 is 23.2 Å². The highest BCUT2D eigenvalue weighted by atomic mass is 35.5. The summed E-state index contributed by atoms with van der Waals surface area (Å²) in [5.41, 5.74) is 3.88. The van der Waals surface area contributed by atoms with Crippen molar-refractivity contribution in [1.82, 2.24) is 9.80 Å². The number of likely N-dealkylation sites (tertiary alicyclic amines) is 1. The Balaban J connectivity index is 1.26. The lowest BCUT2D eigenvalue weighted by molar-refractivity contribution is -0.138. The summed E-state index contributed by atoms with van der Waals surface area (Å²) in [5.74, 6) is 0.213. The molecule has 2 heterocycles. The van der Waals surface area contributed by atoms with Gasteiger partial charge in [-0.1, -0.05) is 53.5 Å². The molecule has 0 bridgehead atoms. The van der Waals surface area contributed by atoms with E-state index in [1.54, 1.807) is 6.07 Å². The molecule has 0 aromatic heterocycles. The van der Waals surface area contributed by atoms with E-state index in [0.29, 0.717) is 28.9 Å². The molecule has 2 aromatic rings. The van der Waals surface area contributed by atoms with Crippen LogP contribution in [0.5, 0.6) is 0 Å². The van der Waals surface area contributed by atoms with E-state index in [2.05, 4.69) is 29.2 Å². The topological polar surface area (TPSA) is 23.6 Å². The molecular formula is C21H22Cl2N2O. The summed E-state index contributed by atoms with van der Waals surface area (Å²) < 4.78 is 0. The SMILES string of the molecule is O=C(CCc1ccc(Cl)cc1Cl)N1CC(N2CCc3ccccc3C2)C1. The summed E-state index contributed by atoms with van der Waals surface area (Å²) in [6.07, 6.45) is 2.26. The number of hydrogen-bond acceptors (Lipinski definition) is 2. The fourth-order valence-corrected chi connectivity index (χ4v) is 4.35. The van der Waals surface area contributed by atoms with Crippen LogP contribution in [0, 0.1) is 0 Å². The summed E-state index contributed by atoms with van der Waals surface area (Å²) in [6, 6.07) is 14.6. The number of carbonyl (C=O) groups excluding carboxylic acids is 1. The fourth-order valence-electron chi connectivity index (χ4n) is 3.84. The Kier molecular flexibility index (Phi) is 5.21. The van der Waals surface area contributed by atoms with Gasteiger partial charge >= 0.3 is 0 Å². The van der Waals surface area contributed by atoms with Crippen molar-refractivity contribution in [3.63, 3.8) is 0 Å². The van der Waals surface area contributed by atoms with Crippen LogP contribution in [0.2, 0.25) is 10.0 Å². The lowest BCUT2D eigenvalue weighted by Gasteiger charge is -2.47. The van der Waals surface area contributed by atoms with Crippen LogP contribution in [0.15, 0.2) is 42.5 Å². The number of aryl methyl sites for hydroxylation is 1. The predicted molar refractivity (Wildman–Crippen MR) is 106 cm³/mol. The zero-order chi connectivity index (χ0) is 18.1. The fraction of sp³-hybridized carbons (Fsp3) is 0.381. The molecular weight excluding hydrogens is 367 g/mol. The maximum atomic E-state index is 12.4. The minimum Gasteiger partial charge on any atom is -0.339 e. The molecule has 0 unspecified atom stereocenters. The summed E-state index contributed by atoms with van der Waals surface area (Å²) in [7, 11) is 0. The first-order chi connectivity index (χ1) is 12.6. The van der Waals surface area contributed by atoms with Crippen LogP contribution in [-0.2, 0) is 24.2 Å². The van der Waals surface area contributed by atoms with E-state index in [1.807, 2.05) is 17.0 Å². The van der Waals surface area contributed by atoms with Gasteiger partial charge in [0.25, 0.3) is 0 Å². The highest BCUT2D eigenvalue weighted by Gasteiger charge is 2.35. The molecule has 2 aliphatic rings. The average molecular weight is 389 g/mol. The van der Waals surface area contributed by atoms with Gasteiger partial charge < -0.3 is 4.90 Å². The number of amides is 1. The van der Waals surface area contributed by atoms with Crippen molar-refractivity contribution < 1.29 is 4.79 Å². The minimum absolute atomic E-state index is 0.213. The van der Waals surface area contributed by atoms with Crippen LogP contribution in [0.3, 0.4) is 0 Å². The second kappa shape index (κ2) is 7.59. The van der Waals surface area contributed by atoms with Crippen LogP contribution in [-0.4, -0.2) is 41.4 Å². The first kappa shape index (κ1) is 17.8. The minimum atomic E-state index is 0.213. The molecule has 0 atom stereocenters. The van der Waals surface area contributed by atoms with Crippen molar-refractivity contribution in [2.45, 2.75) is 31.8 Å². The van der Waals surface area contributed by atoms with E-state index in [9.17, 15) is 4.79 Å². The summed E-state index contributed by atoms with van der Waals surface area (Å²) in [4.78, 5) is 16.9. The Morgan fingerprint density at radius 1 is 1.08 bits per heavy atom. The van der Waals surface area contributed by atoms with Gasteiger partial charge in [-0.05, 0) is 41.7 Å². The first-order valence-electron chi connectivity index (χ1n) is 9.12. The molecule has 4 rings (SSSR count). The standard InChI is InChI=1S/C21H22Cl2N2O/c22-18-7-5-16(20(23)11-18)6-8-21(26)25-13-19(14-25)24-10-9-15-3-1-2-4-17(15)12-24/h1-5,7,11,19H,6,8-10,12-14H2. The van der Waals surface area contributed by atoms with Crippen LogP contribution in [0.25, 0.3) is 0 Å². The third kappa shape index (κ3) is 3.75. The summed E-state index contributed by atoms with van der Waals surface area (Å²) in [5, 5.41) is 1.26. The van der Waals surface area contributed by atoms with Gasteiger partial charge in [-0.2, -0.15) is 0 Å². The van der Waals surface area contributed by atoms with Gasteiger partial charge in [0.05, 0.1) is 0 Å². The maximum absolute atomic E-state index is 12.4. The zero-order valence-corrected chi connectivity index (χ0v) is 16.1. The number of rotatable bonds is 4. The molecule has 2 aromatic carbocycles. The molecule has 0 saturated carbocycles. The number of halogens is 2. The van der Waals surface area contributed by atoms with Gasteiger partial charge in [0.2, 0.25) is 5.91 Å². The summed E-state index contributed by atoms with van der Waals surface area (Å²) in [6.45, 7) is 3.78. The van der Waals surface area contributed by atoms with Crippen molar-refractivity contribution >= 4 is 29.1 Å². The van der Waals surface area contributed by atoms with Crippen LogP contribution in [0.4, 0.5) is 0 Å². The van der Waals surface area contributed by atoms with E-state index >= 15 is 0 Å². The molecule has 0 spiro atoms. The molecule has 1 amide bonds. The molecule has 26 heavy (non-hydrogen) atoms. The van der Waals surface area contributed by atoms with E-state index < -0.39 is 0 Å². The van der Waals surface area contributed by atoms with Crippen molar-refractivity contribution in [3.8, 4) is 0 Å². The Morgan fingerprint density at radius 2 is 1.85 bits per heavy atom. The maximum Gasteiger partial charge on any atom is 0.223 e.